The zero-order chi connectivity index (χ0) is 22.6. The maximum atomic E-state index is 13.5. The molecule has 0 spiro atoms. The molecular weight excluding hydrogens is 418 g/mol. The van der Waals surface area contributed by atoms with Crippen LogP contribution in [0.25, 0.3) is 5.57 Å². The van der Waals surface area contributed by atoms with Gasteiger partial charge in [-0.25, -0.2) is 0 Å². The van der Waals surface area contributed by atoms with Crippen LogP contribution in [0.3, 0.4) is 0 Å². The SMILES string of the molecule is COCC1=C(c2ccccc2)C(=O)N(C(C)(C)C(=O)Nc2cc(CN)ccc2Cl)CO1. The van der Waals surface area contributed by atoms with Crippen molar-refractivity contribution in [3.05, 3.63) is 70.4 Å². The number of methoxy groups -OCH3 is 1. The molecule has 31 heavy (non-hydrogen) atoms. The number of carbonyl (C=O) groups is 2. The molecule has 1 aliphatic rings. The second-order valence-corrected chi connectivity index (χ2v) is 8.04. The van der Waals surface area contributed by atoms with Crippen LogP contribution >= 0.6 is 11.6 Å². The fraction of sp³-hybridized carbons (Fsp3) is 0.304. The number of rotatable bonds is 7. The summed E-state index contributed by atoms with van der Waals surface area (Å²) in [5.74, 6) is -0.278. The summed E-state index contributed by atoms with van der Waals surface area (Å²) in [7, 11) is 1.53. The lowest BCUT2D eigenvalue weighted by Gasteiger charge is -2.40. The molecule has 0 saturated carbocycles. The molecular formula is C23H26ClN3O4. The Hall–Kier alpha value is -2.87. The molecule has 0 aliphatic carbocycles. The molecule has 0 radical (unpaired) electrons. The molecule has 0 saturated heterocycles. The Balaban J connectivity index is 1.91. The predicted octanol–water partition coefficient (Wildman–Crippen LogP) is 3.39. The molecule has 164 valence electrons. The van der Waals surface area contributed by atoms with Crippen molar-refractivity contribution in [3.63, 3.8) is 0 Å². The van der Waals surface area contributed by atoms with Crippen LogP contribution in [-0.2, 0) is 25.6 Å². The number of halogens is 1. The maximum absolute atomic E-state index is 13.5. The monoisotopic (exact) mass is 443 g/mol. The summed E-state index contributed by atoms with van der Waals surface area (Å²) in [4.78, 5) is 28.1. The second-order valence-electron chi connectivity index (χ2n) is 7.64. The molecule has 7 nitrogen and oxygen atoms in total. The summed E-state index contributed by atoms with van der Waals surface area (Å²) in [5, 5.41) is 3.20. The Kier molecular flexibility index (Phi) is 7.00. The van der Waals surface area contributed by atoms with Crippen LogP contribution in [0.5, 0.6) is 0 Å². The Bertz CT molecular complexity index is 1010. The third-order valence-corrected chi connectivity index (χ3v) is 5.52. The highest BCUT2D eigenvalue weighted by atomic mass is 35.5. The van der Waals surface area contributed by atoms with Crippen LogP contribution in [0.4, 0.5) is 5.69 Å². The van der Waals surface area contributed by atoms with Crippen LogP contribution in [0.15, 0.2) is 54.3 Å². The molecule has 0 bridgehead atoms. The van der Waals surface area contributed by atoms with E-state index in [2.05, 4.69) is 5.32 Å². The van der Waals surface area contributed by atoms with Crippen molar-refractivity contribution < 1.29 is 19.1 Å². The number of carbonyl (C=O) groups excluding carboxylic acids is 2. The van der Waals surface area contributed by atoms with Gasteiger partial charge in [0.1, 0.15) is 17.9 Å². The highest BCUT2D eigenvalue weighted by Crippen LogP contribution is 2.32. The van der Waals surface area contributed by atoms with E-state index in [1.54, 1.807) is 32.0 Å². The lowest BCUT2D eigenvalue weighted by molar-refractivity contribution is -0.147. The second kappa shape index (κ2) is 9.51. The number of nitrogens with two attached hydrogens (primary N) is 1. The van der Waals surface area contributed by atoms with Crippen LogP contribution in [0.1, 0.15) is 25.0 Å². The van der Waals surface area contributed by atoms with Gasteiger partial charge in [0.15, 0.2) is 6.73 Å². The van der Waals surface area contributed by atoms with Crippen LogP contribution < -0.4 is 11.1 Å². The highest BCUT2D eigenvalue weighted by Gasteiger charge is 2.43. The summed E-state index contributed by atoms with van der Waals surface area (Å²) in [5.41, 5.74) is 6.79. The zero-order valence-electron chi connectivity index (χ0n) is 17.8. The Labute approximate surface area is 186 Å². The van der Waals surface area contributed by atoms with E-state index in [1.165, 1.54) is 12.0 Å². The van der Waals surface area contributed by atoms with E-state index >= 15 is 0 Å². The molecule has 3 N–H and O–H groups in total. The van der Waals surface area contributed by atoms with Gasteiger partial charge in [-0.1, -0.05) is 48.0 Å². The summed E-state index contributed by atoms with van der Waals surface area (Å²) >= 11 is 6.24. The summed E-state index contributed by atoms with van der Waals surface area (Å²) < 4.78 is 11.1. The Morgan fingerprint density at radius 3 is 2.61 bits per heavy atom. The molecule has 0 aromatic heterocycles. The summed E-state index contributed by atoms with van der Waals surface area (Å²) in [6.45, 7) is 3.71. The van der Waals surface area contributed by atoms with E-state index < -0.39 is 11.4 Å². The summed E-state index contributed by atoms with van der Waals surface area (Å²) in [6.07, 6.45) is 0. The third kappa shape index (κ3) is 4.74. The van der Waals surface area contributed by atoms with Gasteiger partial charge in [0.05, 0.1) is 16.3 Å². The molecule has 2 amide bonds. The van der Waals surface area contributed by atoms with Gasteiger partial charge in [-0.3, -0.25) is 14.5 Å². The average molecular weight is 444 g/mol. The molecule has 1 heterocycles. The van der Waals surface area contributed by atoms with Gasteiger partial charge in [0.2, 0.25) is 5.91 Å². The minimum absolute atomic E-state index is 0.0785. The number of hydrogen-bond acceptors (Lipinski definition) is 5. The maximum Gasteiger partial charge on any atom is 0.261 e. The van der Waals surface area contributed by atoms with Gasteiger partial charge in [0.25, 0.3) is 5.91 Å². The molecule has 1 aliphatic heterocycles. The number of nitrogens with zero attached hydrogens (tertiary/aromatic N) is 1. The molecule has 0 unspecified atom stereocenters. The third-order valence-electron chi connectivity index (χ3n) is 5.19. The van der Waals surface area contributed by atoms with Crippen molar-refractivity contribution in [2.24, 2.45) is 5.73 Å². The topological polar surface area (TPSA) is 93.9 Å². The first-order chi connectivity index (χ1) is 14.8. The Morgan fingerprint density at radius 2 is 1.97 bits per heavy atom. The summed E-state index contributed by atoms with van der Waals surface area (Å²) in [6, 6.07) is 14.4. The molecule has 3 rings (SSSR count). The minimum Gasteiger partial charge on any atom is -0.474 e. The zero-order valence-corrected chi connectivity index (χ0v) is 18.5. The molecule has 2 aromatic carbocycles. The standard InChI is InChI=1S/C23H26ClN3O4/c1-23(2,22(29)26-18-11-15(12-25)9-10-17(18)24)27-14-31-19(13-30-3)20(21(27)28)16-7-5-4-6-8-16/h4-11H,12-14,25H2,1-3H3,(H,26,29). The van der Waals surface area contributed by atoms with Gasteiger partial charge in [0, 0.05) is 13.7 Å². The molecule has 0 atom stereocenters. The lowest BCUT2D eigenvalue weighted by Crippen LogP contribution is -2.57. The first-order valence-electron chi connectivity index (χ1n) is 9.81. The van der Waals surface area contributed by atoms with E-state index in [0.29, 0.717) is 34.2 Å². The van der Waals surface area contributed by atoms with Crippen molar-refractivity contribution in [1.29, 1.82) is 0 Å². The van der Waals surface area contributed by atoms with Crippen LogP contribution in [0, 0.1) is 0 Å². The van der Waals surface area contributed by atoms with Gasteiger partial charge in [-0.05, 0) is 37.1 Å². The largest absolute Gasteiger partial charge is 0.474 e. The van der Waals surface area contributed by atoms with E-state index in [1.807, 2.05) is 30.3 Å². The molecule has 0 fully saturated rings. The minimum atomic E-state index is -1.22. The van der Waals surface area contributed by atoms with Crippen molar-refractivity contribution in [2.45, 2.75) is 25.9 Å². The van der Waals surface area contributed by atoms with Gasteiger partial charge in [-0.15, -0.1) is 0 Å². The van der Waals surface area contributed by atoms with Gasteiger partial charge in [-0.2, -0.15) is 0 Å². The number of nitrogens with one attached hydrogen (secondary N) is 1. The normalized spacial score (nSPS) is 14.5. The first kappa shape index (κ1) is 22.8. The smallest absolute Gasteiger partial charge is 0.261 e. The first-order valence-corrected chi connectivity index (χ1v) is 10.2. The van der Waals surface area contributed by atoms with Crippen LogP contribution in [-0.4, -0.2) is 42.7 Å². The predicted molar refractivity (Wildman–Crippen MR) is 120 cm³/mol. The van der Waals surface area contributed by atoms with Crippen molar-refractivity contribution in [2.75, 3.05) is 25.8 Å². The van der Waals surface area contributed by atoms with E-state index in [-0.39, 0.29) is 19.2 Å². The highest BCUT2D eigenvalue weighted by molar-refractivity contribution is 6.33. The molecule has 8 heteroatoms. The van der Waals surface area contributed by atoms with E-state index in [0.717, 1.165) is 5.56 Å². The van der Waals surface area contributed by atoms with E-state index in [9.17, 15) is 9.59 Å². The Morgan fingerprint density at radius 1 is 1.26 bits per heavy atom. The average Bonchev–Trinajstić information content (AvgIpc) is 2.76. The van der Waals surface area contributed by atoms with Crippen molar-refractivity contribution in [1.82, 2.24) is 4.90 Å². The number of anilines is 1. The number of benzene rings is 2. The van der Waals surface area contributed by atoms with Crippen LogP contribution in [0.2, 0.25) is 5.02 Å². The van der Waals surface area contributed by atoms with Gasteiger partial charge >= 0.3 is 0 Å². The quantitative estimate of drug-likeness (QED) is 0.684. The van der Waals surface area contributed by atoms with Crippen molar-refractivity contribution in [3.8, 4) is 0 Å². The number of hydrogen-bond donors (Lipinski definition) is 2. The van der Waals surface area contributed by atoms with Gasteiger partial charge < -0.3 is 20.5 Å². The van der Waals surface area contributed by atoms with E-state index in [4.69, 9.17) is 26.8 Å². The number of amides is 2. The fourth-order valence-corrected chi connectivity index (χ4v) is 3.43. The fourth-order valence-electron chi connectivity index (χ4n) is 3.27. The lowest BCUT2D eigenvalue weighted by atomic mass is 9.96. The number of ether oxygens (including phenoxy) is 2. The molecule has 2 aromatic rings. The van der Waals surface area contributed by atoms with Crippen molar-refractivity contribution >= 4 is 34.7 Å².